The van der Waals surface area contributed by atoms with Gasteiger partial charge >= 0.3 is 0 Å². The number of hydrogen-bond acceptors (Lipinski definition) is 5. The van der Waals surface area contributed by atoms with Crippen LogP contribution in [0, 0.1) is 6.92 Å². The van der Waals surface area contributed by atoms with E-state index in [1.165, 1.54) is 11.1 Å². The molecule has 0 spiro atoms. The van der Waals surface area contributed by atoms with Crippen LogP contribution in [0.4, 0.5) is 0 Å². The van der Waals surface area contributed by atoms with E-state index in [2.05, 4.69) is 52.0 Å². The number of hydrogen-bond donors (Lipinski definition) is 1. The van der Waals surface area contributed by atoms with E-state index in [1.807, 2.05) is 6.07 Å². The van der Waals surface area contributed by atoms with Gasteiger partial charge in [0.05, 0.1) is 11.0 Å². The largest absolute Gasteiger partial charge is 0.454 e. The summed E-state index contributed by atoms with van der Waals surface area (Å²) < 4.78 is 10.9. The molecule has 1 N–H and O–H groups in total. The zero-order chi connectivity index (χ0) is 18.9. The second-order valence-corrected chi connectivity index (χ2v) is 7.76. The van der Waals surface area contributed by atoms with Crippen LogP contribution in [0.15, 0.2) is 36.4 Å². The molecule has 28 heavy (non-hydrogen) atoms. The molecule has 0 aliphatic carbocycles. The Hall–Kier alpha value is -2.57. The summed E-state index contributed by atoms with van der Waals surface area (Å²) in [5.74, 6) is 2.81. The Morgan fingerprint density at radius 1 is 0.964 bits per heavy atom. The van der Waals surface area contributed by atoms with E-state index in [1.54, 1.807) is 0 Å². The molecule has 0 atom stereocenters. The molecule has 146 valence electrons. The Balaban J connectivity index is 1.12. The van der Waals surface area contributed by atoms with Crippen molar-refractivity contribution >= 4 is 11.0 Å². The zero-order valence-corrected chi connectivity index (χ0v) is 16.3. The summed E-state index contributed by atoms with van der Waals surface area (Å²) in [6, 6.07) is 12.6. The van der Waals surface area contributed by atoms with E-state index in [0.717, 1.165) is 74.0 Å². The number of H-pyrrole nitrogens is 1. The second kappa shape index (κ2) is 7.45. The summed E-state index contributed by atoms with van der Waals surface area (Å²) in [6.45, 7) is 8.85. The van der Waals surface area contributed by atoms with Crippen LogP contribution in [0.3, 0.4) is 0 Å². The number of nitrogens with one attached hydrogen (secondary N) is 1. The standard InChI is InChI=1S/C22H26N4O2/c1-16-2-4-18-19(12-16)24-22(23-18)6-7-25-8-10-26(11-9-25)14-17-3-5-20-21(13-17)28-15-27-20/h2-5,12-13H,6-11,14-15H2,1H3,(H,23,24). The minimum absolute atomic E-state index is 0.336. The number of fused-ring (bicyclic) bond motifs is 2. The topological polar surface area (TPSA) is 53.6 Å². The first-order valence-corrected chi connectivity index (χ1v) is 10.0. The maximum absolute atomic E-state index is 5.49. The highest BCUT2D eigenvalue weighted by Gasteiger charge is 2.19. The van der Waals surface area contributed by atoms with Crippen LogP contribution in [0.25, 0.3) is 11.0 Å². The van der Waals surface area contributed by atoms with Crippen LogP contribution in [-0.2, 0) is 13.0 Å². The number of nitrogens with zero attached hydrogens (tertiary/aromatic N) is 3. The fraction of sp³-hybridized carbons (Fsp3) is 0.409. The van der Waals surface area contributed by atoms with Crippen LogP contribution in [0.5, 0.6) is 11.5 Å². The second-order valence-electron chi connectivity index (χ2n) is 7.76. The van der Waals surface area contributed by atoms with Gasteiger partial charge in [-0.2, -0.15) is 0 Å². The summed E-state index contributed by atoms with van der Waals surface area (Å²) in [7, 11) is 0. The molecule has 2 aromatic carbocycles. The van der Waals surface area contributed by atoms with Crippen LogP contribution in [-0.4, -0.2) is 59.3 Å². The van der Waals surface area contributed by atoms with E-state index in [-0.39, 0.29) is 0 Å². The maximum Gasteiger partial charge on any atom is 0.231 e. The maximum atomic E-state index is 5.49. The van der Waals surface area contributed by atoms with Crippen LogP contribution >= 0.6 is 0 Å². The molecule has 1 saturated heterocycles. The fourth-order valence-corrected chi connectivity index (χ4v) is 4.03. The van der Waals surface area contributed by atoms with Crippen LogP contribution < -0.4 is 9.47 Å². The molecule has 3 heterocycles. The molecule has 5 rings (SSSR count). The first kappa shape index (κ1) is 17.5. The Bertz CT molecular complexity index is 976. The summed E-state index contributed by atoms with van der Waals surface area (Å²) in [4.78, 5) is 13.2. The van der Waals surface area contributed by atoms with Gasteiger partial charge in [0, 0.05) is 45.7 Å². The number of ether oxygens (including phenoxy) is 2. The van der Waals surface area contributed by atoms with E-state index >= 15 is 0 Å². The first-order chi connectivity index (χ1) is 13.7. The number of aryl methyl sites for hydroxylation is 1. The van der Waals surface area contributed by atoms with Gasteiger partial charge in [-0.1, -0.05) is 12.1 Å². The van der Waals surface area contributed by atoms with E-state index < -0.39 is 0 Å². The van der Waals surface area contributed by atoms with Crippen molar-refractivity contribution in [2.45, 2.75) is 19.9 Å². The molecule has 1 fully saturated rings. The fourth-order valence-electron chi connectivity index (χ4n) is 4.03. The van der Waals surface area contributed by atoms with Crippen molar-refractivity contribution in [1.82, 2.24) is 19.8 Å². The summed E-state index contributed by atoms with van der Waals surface area (Å²) >= 11 is 0. The minimum Gasteiger partial charge on any atom is -0.454 e. The summed E-state index contributed by atoms with van der Waals surface area (Å²) in [5.41, 5.74) is 4.76. The van der Waals surface area contributed by atoms with E-state index in [0.29, 0.717) is 6.79 Å². The van der Waals surface area contributed by atoms with Crippen molar-refractivity contribution in [2.75, 3.05) is 39.5 Å². The average molecular weight is 378 g/mol. The number of aromatic amines is 1. The van der Waals surface area contributed by atoms with Gasteiger partial charge in [0.2, 0.25) is 6.79 Å². The smallest absolute Gasteiger partial charge is 0.231 e. The lowest BCUT2D eigenvalue weighted by atomic mass is 10.1. The van der Waals surface area contributed by atoms with E-state index in [4.69, 9.17) is 14.5 Å². The van der Waals surface area contributed by atoms with Crippen molar-refractivity contribution in [3.63, 3.8) is 0 Å². The Morgan fingerprint density at radius 3 is 2.68 bits per heavy atom. The zero-order valence-electron chi connectivity index (χ0n) is 16.3. The number of aromatic nitrogens is 2. The van der Waals surface area contributed by atoms with Gasteiger partial charge in [-0.3, -0.25) is 4.90 Å². The molecule has 2 aliphatic rings. The number of imidazole rings is 1. The SMILES string of the molecule is Cc1ccc2nc(CCN3CCN(Cc4ccc5c(c4)OCO5)CC3)[nH]c2c1. The van der Waals surface area contributed by atoms with Gasteiger partial charge in [-0.05, 0) is 42.3 Å². The van der Waals surface area contributed by atoms with Gasteiger partial charge < -0.3 is 19.4 Å². The molecule has 1 aromatic heterocycles. The minimum atomic E-state index is 0.336. The molecule has 0 unspecified atom stereocenters. The van der Waals surface area contributed by atoms with Crippen LogP contribution in [0.1, 0.15) is 17.0 Å². The molecular formula is C22H26N4O2. The van der Waals surface area contributed by atoms with Crippen molar-refractivity contribution in [3.8, 4) is 11.5 Å². The van der Waals surface area contributed by atoms with Crippen molar-refractivity contribution in [1.29, 1.82) is 0 Å². The molecule has 6 nitrogen and oxygen atoms in total. The Kier molecular flexibility index (Phi) is 4.66. The van der Waals surface area contributed by atoms with Gasteiger partial charge in [0.25, 0.3) is 0 Å². The number of benzene rings is 2. The molecule has 3 aromatic rings. The quantitative estimate of drug-likeness (QED) is 0.740. The first-order valence-electron chi connectivity index (χ1n) is 10.0. The van der Waals surface area contributed by atoms with E-state index in [9.17, 15) is 0 Å². The normalized spacial score (nSPS) is 17.5. The van der Waals surface area contributed by atoms with Gasteiger partial charge in [0.15, 0.2) is 11.5 Å². The average Bonchev–Trinajstić information content (AvgIpc) is 3.33. The summed E-state index contributed by atoms with van der Waals surface area (Å²) in [6.07, 6.45) is 0.968. The number of rotatable bonds is 5. The van der Waals surface area contributed by atoms with Crippen molar-refractivity contribution in [3.05, 3.63) is 53.3 Å². The monoisotopic (exact) mass is 378 g/mol. The summed E-state index contributed by atoms with van der Waals surface area (Å²) in [5, 5.41) is 0. The molecule has 0 radical (unpaired) electrons. The highest BCUT2D eigenvalue weighted by atomic mass is 16.7. The highest BCUT2D eigenvalue weighted by molar-refractivity contribution is 5.75. The third-order valence-electron chi connectivity index (χ3n) is 5.66. The third kappa shape index (κ3) is 3.70. The molecular weight excluding hydrogens is 352 g/mol. The third-order valence-corrected chi connectivity index (χ3v) is 5.66. The molecule has 6 heteroatoms. The molecule has 0 amide bonds. The predicted molar refractivity (Wildman–Crippen MR) is 109 cm³/mol. The highest BCUT2D eigenvalue weighted by Crippen LogP contribution is 2.32. The van der Waals surface area contributed by atoms with Gasteiger partial charge in [-0.15, -0.1) is 0 Å². The molecule has 0 saturated carbocycles. The van der Waals surface area contributed by atoms with Crippen molar-refractivity contribution in [2.24, 2.45) is 0 Å². The van der Waals surface area contributed by atoms with Crippen molar-refractivity contribution < 1.29 is 9.47 Å². The lowest BCUT2D eigenvalue weighted by Crippen LogP contribution is -2.46. The van der Waals surface area contributed by atoms with Crippen LogP contribution in [0.2, 0.25) is 0 Å². The predicted octanol–water partition coefficient (Wildman–Crippen LogP) is 2.96. The lowest BCUT2D eigenvalue weighted by Gasteiger charge is -2.34. The Morgan fingerprint density at radius 2 is 1.79 bits per heavy atom. The Labute approximate surface area is 165 Å². The van der Waals surface area contributed by atoms with Gasteiger partial charge in [0.1, 0.15) is 5.82 Å². The molecule has 0 bridgehead atoms. The lowest BCUT2D eigenvalue weighted by molar-refractivity contribution is 0.128. The number of piperazine rings is 1. The van der Waals surface area contributed by atoms with Gasteiger partial charge in [-0.25, -0.2) is 4.98 Å². The molecule has 2 aliphatic heterocycles.